The van der Waals surface area contributed by atoms with Crippen LogP contribution in [0.2, 0.25) is 0 Å². The van der Waals surface area contributed by atoms with Crippen molar-refractivity contribution in [1.29, 1.82) is 0 Å². The molecule has 1 aliphatic rings. The maximum atomic E-state index is 13.2. The number of benzene rings is 2. The number of anilines is 3. The standard InChI is InChI=1S/C25H20F3N7O2/c1-35(2)18-12-15(25(26,27)28)13-29-20(18)23-33-34-24(37-23)32-21-22(36)30-17-11-7-6-10-16(17)19(31-21)14-8-4-3-5-9-14/h3-13,21H,1-2H3,(H,30,36)(H,32,34). The second kappa shape index (κ2) is 9.37. The van der Waals surface area contributed by atoms with Crippen molar-refractivity contribution in [3.05, 3.63) is 83.6 Å². The number of benzodiazepines with no additional fused rings is 1. The van der Waals surface area contributed by atoms with Crippen LogP contribution in [-0.2, 0) is 11.0 Å². The van der Waals surface area contributed by atoms with E-state index in [1.165, 1.54) is 4.90 Å². The number of hydrogen-bond acceptors (Lipinski definition) is 8. The summed E-state index contributed by atoms with van der Waals surface area (Å²) in [5, 5.41) is 13.5. The summed E-state index contributed by atoms with van der Waals surface area (Å²) in [6, 6.07) is 17.5. The van der Waals surface area contributed by atoms with Crippen molar-refractivity contribution in [2.24, 2.45) is 4.99 Å². The average molecular weight is 507 g/mol. The minimum absolute atomic E-state index is 0.0600. The Morgan fingerprint density at radius 2 is 1.76 bits per heavy atom. The molecule has 2 aromatic carbocycles. The number of halogens is 3. The van der Waals surface area contributed by atoms with Gasteiger partial charge >= 0.3 is 12.2 Å². The summed E-state index contributed by atoms with van der Waals surface area (Å²) in [4.78, 5) is 23.0. The second-order valence-electron chi connectivity index (χ2n) is 8.32. The number of carbonyl (C=O) groups is 1. The molecular weight excluding hydrogens is 487 g/mol. The minimum Gasteiger partial charge on any atom is -0.402 e. The molecule has 0 saturated carbocycles. The third-order valence-corrected chi connectivity index (χ3v) is 5.56. The van der Waals surface area contributed by atoms with Crippen LogP contribution in [0, 0.1) is 0 Å². The molecule has 2 aromatic heterocycles. The van der Waals surface area contributed by atoms with Gasteiger partial charge in [-0.3, -0.25) is 4.79 Å². The van der Waals surface area contributed by atoms with Crippen LogP contribution in [0.15, 0.2) is 76.3 Å². The number of rotatable bonds is 5. The highest BCUT2D eigenvalue weighted by molar-refractivity contribution is 6.19. The Morgan fingerprint density at radius 3 is 2.49 bits per heavy atom. The Bertz CT molecular complexity index is 1480. The molecule has 0 saturated heterocycles. The van der Waals surface area contributed by atoms with E-state index in [1.807, 2.05) is 42.5 Å². The fourth-order valence-corrected chi connectivity index (χ4v) is 3.79. The molecule has 1 unspecified atom stereocenters. The fourth-order valence-electron chi connectivity index (χ4n) is 3.79. The van der Waals surface area contributed by atoms with Gasteiger partial charge in [0, 0.05) is 31.4 Å². The number of amides is 1. The Balaban J connectivity index is 1.49. The van der Waals surface area contributed by atoms with Crippen LogP contribution >= 0.6 is 0 Å². The fraction of sp³-hybridized carbons (Fsp3) is 0.160. The van der Waals surface area contributed by atoms with Crippen molar-refractivity contribution in [2.75, 3.05) is 29.6 Å². The third-order valence-electron chi connectivity index (χ3n) is 5.56. The SMILES string of the molecule is CN(C)c1cc(C(F)(F)F)cnc1-c1nnc(NC2N=C(c3ccccc3)c3ccccc3NC2=O)o1. The van der Waals surface area contributed by atoms with Crippen LogP contribution < -0.4 is 15.5 Å². The molecule has 9 nitrogen and oxygen atoms in total. The Hall–Kier alpha value is -4.74. The maximum Gasteiger partial charge on any atom is 0.417 e. The van der Waals surface area contributed by atoms with Gasteiger partial charge in [-0.2, -0.15) is 13.2 Å². The van der Waals surface area contributed by atoms with E-state index in [1.54, 1.807) is 26.2 Å². The summed E-state index contributed by atoms with van der Waals surface area (Å²) in [5.41, 5.74) is 1.99. The number of aromatic nitrogens is 3. The van der Waals surface area contributed by atoms with Gasteiger partial charge in [0.15, 0.2) is 5.69 Å². The number of nitrogens with zero attached hydrogens (tertiary/aromatic N) is 5. The van der Waals surface area contributed by atoms with Gasteiger partial charge in [0.05, 0.1) is 22.6 Å². The van der Waals surface area contributed by atoms with E-state index < -0.39 is 23.8 Å². The molecule has 4 aromatic rings. The molecule has 0 radical (unpaired) electrons. The number of aliphatic imine (C=N–C) groups is 1. The summed E-state index contributed by atoms with van der Waals surface area (Å²) in [6.45, 7) is 0. The normalized spacial score (nSPS) is 15.3. The summed E-state index contributed by atoms with van der Waals surface area (Å²) < 4.78 is 45.2. The Kier molecular flexibility index (Phi) is 6.07. The summed E-state index contributed by atoms with van der Waals surface area (Å²) in [7, 11) is 3.15. The Labute approximate surface area is 209 Å². The molecule has 2 N–H and O–H groups in total. The average Bonchev–Trinajstić information content (AvgIpc) is 3.29. The largest absolute Gasteiger partial charge is 0.417 e. The number of pyridine rings is 1. The van der Waals surface area contributed by atoms with E-state index in [0.717, 1.165) is 17.2 Å². The highest BCUT2D eigenvalue weighted by Gasteiger charge is 2.33. The number of nitrogens with one attached hydrogen (secondary N) is 2. The van der Waals surface area contributed by atoms with Gasteiger partial charge in [0.1, 0.15) is 0 Å². The highest BCUT2D eigenvalue weighted by Crippen LogP contribution is 2.35. The van der Waals surface area contributed by atoms with Gasteiger partial charge in [-0.15, -0.1) is 5.10 Å². The highest BCUT2D eigenvalue weighted by atomic mass is 19.4. The van der Waals surface area contributed by atoms with Crippen LogP contribution in [0.25, 0.3) is 11.6 Å². The van der Waals surface area contributed by atoms with E-state index in [9.17, 15) is 18.0 Å². The van der Waals surface area contributed by atoms with E-state index >= 15 is 0 Å². The van der Waals surface area contributed by atoms with Crippen molar-refractivity contribution >= 4 is 29.0 Å². The predicted molar refractivity (Wildman–Crippen MR) is 131 cm³/mol. The van der Waals surface area contributed by atoms with Gasteiger partial charge in [0.25, 0.3) is 11.8 Å². The lowest BCUT2D eigenvalue weighted by atomic mass is 10.0. The summed E-state index contributed by atoms with van der Waals surface area (Å²) >= 11 is 0. The van der Waals surface area contributed by atoms with Crippen LogP contribution in [0.3, 0.4) is 0 Å². The van der Waals surface area contributed by atoms with Gasteiger partial charge in [-0.1, -0.05) is 53.6 Å². The molecule has 0 spiro atoms. The van der Waals surface area contributed by atoms with Crippen LogP contribution in [-0.4, -0.2) is 47.1 Å². The zero-order valence-electron chi connectivity index (χ0n) is 19.6. The molecule has 3 heterocycles. The van der Waals surface area contributed by atoms with Crippen molar-refractivity contribution in [2.45, 2.75) is 12.3 Å². The Morgan fingerprint density at radius 1 is 1.03 bits per heavy atom. The molecule has 1 atom stereocenters. The van der Waals surface area contributed by atoms with Gasteiger partial charge in [0.2, 0.25) is 6.17 Å². The lowest BCUT2D eigenvalue weighted by Crippen LogP contribution is -2.32. The first kappa shape index (κ1) is 24.0. The molecule has 0 aliphatic carbocycles. The van der Waals surface area contributed by atoms with Crippen molar-refractivity contribution < 1.29 is 22.4 Å². The van der Waals surface area contributed by atoms with Gasteiger partial charge in [-0.25, -0.2) is 9.98 Å². The van der Waals surface area contributed by atoms with Crippen molar-refractivity contribution in [3.8, 4) is 11.6 Å². The molecule has 1 amide bonds. The van der Waals surface area contributed by atoms with Gasteiger partial charge < -0.3 is 20.0 Å². The smallest absolute Gasteiger partial charge is 0.402 e. The lowest BCUT2D eigenvalue weighted by Gasteiger charge is -2.17. The van der Waals surface area contributed by atoms with E-state index in [2.05, 4.69) is 30.8 Å². The molecule has 5 rings (SSSR count). The van der Waals surface area contributed by atoms with E-state index in [-0.39, 0.29) is 23.3 Å². The first-order valence-electron chi connectivity index (χ1n) is 11.1. The van der Waals surface area contributed by atoms with Crippen molar-refractivity contribution in [1.82, 2.24) is 15.2 Å². The molecule has 188 valence electrons. The first-order chi connectivity index (χ1) is 17.7. The molecular formula is C25H20F3N7O2. The third kappa shape index (κ3) is 4.85. The minimum atomic E-state index is -4.56. The zero-order valence-corrected chi connectivity index (χ0v) is 19.6. The topological polar surface area (TPSA) is 109 Å². The predicted octanol–water partition coefficient (Wildman–Crippen LogP) is 4.44. The molecule has 12 heteroatoms. The van der Waals surface area contributed by atoms with E-state index in [0.29, 0.717) is 17.6 Å². The van der Waals surface area contributed by atoms with Crippen LogP contribution in [0.4, 0.5) is 30.6 Å². The lowest BCUT2D eigenvalue weighted by molar-refractivity contribution is -0.137. The second-order valence-corrected chi connectivity index (χ2v) is 8.32. The van der Waals surface area contributed by atoms with Crippen molar-refractivity contribution in [3.63, 3.8) is 0 Å². The quantitative estimate of drug-likeness (QED) is 0.411. The van der Waals surface area contributed by atoms with E-state index in [4.69, 9.17) is 4.42 Å². The molecule has 0 fully saturated rings. The zero-order chi connectivity index (χ0) is 26.2. The summed E-state index contributed by atoms with van der Waals surface area (Å²) in [5.74, 6) is -0.579. The monoisotopic (exact) mass is 507 g/mol. The number of carbonyl (C=O) groups excluding carboxylic acids is 1. The number of para-hydroxylation sites is 1. The van der Waals surface area contributed by atoms with Crippen LogP contribution in [0.1, 0.15) is 16.7 Å². The molecule has 1 aliphatic heterocycles. The number of hydrogen-bond donors (Lipinski definition) is 2. The number of alkyl halides is 3. The number of fused-ring (bicyclic) bond motifs is 1. The van der Waals surface area contributed by atoms with Gasteiger partial charge in [-0.05, 0) is 12.1 Å². The van der Waals surface area contributed by atoms with Crippen LogP contribution in [0.5, 0.6) is 0 Å². The summed E-state index contributed by atoms with van der Waals surface area (Å²) in [6.07, 6.45) is -4.99. The molecule has 37 heavy (non-hydrogen) atoms. The molecule has 0 bridgehead atoms. The maximum absolute atomic E-state index is 13.2. The first-order valence-corrected chi connectivity index (χ1v) is 11.1.